The van der Waals surface area contributed by atoms with Gasteiger partial charge in [0.25, 0.3) is 0 Å². The maximum Gasteiger partial charge on any atom is 0.335 e. The van der Waals surface area contributed by atoms with Crippen LogP contribution in [0.2, 0.25) is 0 Å². The van der Waals surface area contributed by atoms with Crippen LogP contribution in [0.4, 0.5) is 0 Å². The maximum atomic E-state index is 13.1. The molecule has 0 fully saturated rings. The first-order valence-corrected chi connectivity index (χ1v) is 10.8. The second kappa shape index (κ2) is 12.6. The molecule has 0 unspecified atom stereocenters. The Kier molecular flexibility index (Phi) is 10.9. The summed E-state index contributed by atoms with van der Waals surface area (Å²) in [6.07, 6.45) is 6.85. The van der Waals surface area contributed by atoms with Gasteiger partial charge in [-0.1, -0.05) is 25.2 Å². The number of rotatable bonds is 11. The van der Waals surface area contributed by atoms with Gasteiger partial charge in [-0.2, -0.15) is 0 Å². The largest absolute Gasteiger partial charge is 0.432 e. The average Bonchev–Trinajstić information content (AvgIpc) is 2.77. The third-order valence-corrected chi connectivity index (χ3v) is 5.92. The quantitative estimate of drug-likeness (QED) is 0.121. The molecule has 0 amide bonds. The van der Waals surface area contributed by atoms with Crippen LogP contribution in [-0.4, -0.2) is 40.6 Å². The van der Waals surface area contributed by atoms with Crippen molar-refractivity contribution in [2.24, 2.45) is 17.3 Å². The number of Topliss-reactive ketones (excluding diaryl/α,β-unsaturated/α-hetero) is 2. The van der Waals surface area contributed by atoms with Crippen molar-refractivity contribution in [1.82, 2.24) is 0 Å². The molecule has 7 heteroatoms. The van der Waals surface area contributed by atoms with Crippen molar-refractivity contribution in [2.75, 3.05) is 6.61 Å². The Labute approximate surface area is 190 Å². The molecular formula is C25H36O7. The number of carbonyl (C=O) groups is 3. The standard InChI is InChI=1S/C25H36O7/c1-16(2)13-23(28)31-12-9-21-20(14-18(5)27)24(29)19(15-26)7-10-25(21,6)11-8-22(32-30)17(3)4/h7,9,12-13,20-22,26,30H,3,8,10-11,14-15H2,1-2,4-6H3/b12-9+/t20-,21-,22-,25+/m1/s1. The molecule has 2 N–H and O–H groups in total. The van der Waals surface area contributed by atoms with Gasteiger partial charge in [-0.15, -0.1) is 0 Å². The first-order valence-electron chi connectivity index (χ1n) is 10.8. The van der Waals surface area contributed by atoms with E-state index in [-0.39, 0.29) is 23.6 Å². The number of esters is 1. The fraction of sp³-hybridized carbons (Fsp3) is 0.560. The molecule has 1 aliphatic carbocycles. The molecule has 0 aliphatic heterocycles. The fourth-order valence-corrected chi connectivity index (χ4v) is 4.10. The minimum Gasteiger partial charge on any atom is -0.432 e. The Morgan fingerprint density at radius 1 is 1.31 bits per heavy atom. The molecular weight excluding hydrogens is 412 g/mol. The molecule has 0 aromatic heterocycles. The highest BCUT2D eigenvalue weighted by Crippen LogP contribution is 2.46. The molecule has 0 heterocycles. The van der Waals surface area contributed by atoms with Gasteiger partial charge in [-0.25, -0.2) is 9.68 Å². The van der Waals surface area contributed by atoms with Crippen LogP contribution in [0.1, 0.15) is 60.3 Å². The van der Waals surface area contributed by atoms with Crippen LogP contribution in [0.25, 0.3) is 0 Å². The number of hydrogen-bond acceptors (Lipinski definition) is 7. The SMILES string of the molecule is C=C(C)[C@@H](CC[C@]1(C)CC=C(CO)C(=O)[C@H](CC(C)=O)[C@H]1/C=C/OC(=O)C=C(C)C)OO. The average molecular weight is 449 g/mol. The Balaban J connectivity index is 3.37. The minimum atomic E-state index is -0.713. The number of ether oxygens (including phenoxy) is 1. The van der Waals surface area contributed by atoms with E-state index in [1.807, 2.05) is 6.92 Å². The lowest BCUT2D eigenvalue weighted by Crippen LogP contribution is -2.36. The van der Waals surface area contributed by atoms with Gasteiger partial charge in [-0.05, 0) is 69.9 Å². The van der Waals surface area contributed by atoms with E-state index in [1.54, 1.807) is 32.9 Å². The molecule has 0 saturated heterocycles. The first kappa shape index (κ1) is 27.7. The van der Waals surface area contributed by atoms with E-state index >= 15 is 0 Å². The zero-order valence-corrected chi connectivity index (χ0v) is 19.7. The van der Waals surface area contributed by atoms with E-state index in [0.717, 1.165) is 5.57 Å². The zero-order valence-electron chi connectivity index (χ0n) is 19.7. The number of aliphatic hydroxyl groups excluding tert-OH is 1. The molecule has 7 nitrogen and oxygen atoms in total. The smallest absolute Gasteiger partial charge is 0.335 e. The Morgan fingerprint density at radius 2 is 1.97 bits per heavy atom. The Bertz CT molecular complexity index is 801. The predicted octanol–water partition coefficient (Wildman–Crippen LogP) is 4.33. The van der Waals surface area contributed by atoms with Crippen molar-refractivity contribution in [3.8, 4) is 0 Å². The van der Waals surface area contributed by atoms with Gasteiger partial charge < -0.3 is 14.6 Å². The van der Waals surface area contributed by atoms with Gasteiger partial charge in [0.05, 0.1) is 12.9 Å². The highest BCUT2D eigenvalue weighted by molar-refractivity contribution is 6.00. The van der Waals surface area contributed by atoms with Crippen LogP contribution in [0, 0.1) is 17.3 Å². The molecule has 4 atom stereocenters. The number of allylic oxidation sites excluding steroid dienone is 3. The van der Waals surface area contributed by atoms with Crippen molar-refractivity contribution in [3.63, 3.8) is 0 Å². The second-order valence-corrected chi connectivity index (χ2v) is 9.11. The molecule has 32 heavy (non-hydrogen) atoms. The molecule has 0 aromatic rings. The molecule has 1 rings (SSSR count). The van der Waals surface area contributed by atoms with Crippen LogP contribution < -0.4 is 0 Å². The highest BCUT2D eigenvalue weighted by Gasteiger charge is 2.43. The van der Waals surface area contributed by atoms with E-state index in [4.69, 9.17) is 4.74 Å². The lowest BCUT2D eigenvalue weighted by atomic mass is 9.65. The summed E-state index contributed by atoms with van der Waals surface area (Å²) in [5.41, 5.74) is 1.18. The van der Waals surface area contributed by atoms with Crippen molar-refractivity contribution in [3.05, 3.63) is 47.8 Å². The normalized spacial score (nSPS) is 24.5. The molecule has 0 saturated carbocycles. The number of ketones is 2. The van der Waals surface area contributed by atoms with Gasteiger partial charge in [0.2, 0.25) is 0 Å². The fourth-order valence-electron chi connectivity index (χ4n) is 4.10. The lowest BCUT2D eigenvalue weighted by molar-refractivity contribution is -0.270. The van der Waals surface area contributed by atoms with Crippen molar-refractivity contribution in [1.29, 1.82) is 0 Å². The number of carbonyl (C=O) groups excluding carboxylic acids is 3. The van der Waals surface area contributed by atoms with E-state index in [2.05, 4.69) is 11.5 Å². The summed E-state index contributed by atoms with van der Waals surface area (Å²) < 4.78 is 5.18. The van der Waals surface area contributed by atoms with Gasteiger partial charge >= 0.3 is 5.97 Å². The molecule has 178 valence electrons. The molecule has 0 radical (unpaired) electrons. The van der Waals surface area contributed by atoms with E-state index in [9.17, 15) is 24.7 Å². The minimum absolute atomic E-state index is 0.00308. The molecule has 1 aliphatic rings. The van der Waals surface area contributed by atoms with Gasteiger partial charge in [0, 0.05) is 24.0 Å². The number of hydrogen-bond donors (Lipinski definition) is 2. The lowest BCUT2D eigenvalue weighted by Gasteiger charge is -2.38. The molecule has 0 bridgehead atoms. The summed E-state index contributed by atoms with van der Waals surface area (Å²) in [7, 11) is 0. The van der Waals surface area contributed by atoms with E-state index < -0.39 is 35.9 Å². The Hall–Kier alpha value is -2.35. The summed E-state index contributed by atoms with van der Waals surface area (Å²) in [5, 5.41) is 18.9. The van der Waals surface area contributed by atoms with Crippen LogP contribution in [-0.2, 0) is 24.0 Å². The maximum absolute atomic E-state index is 13.1. The van der Waals surface area contributed by atoms with Crippen LogP contribution in [0.5, 0.6) is 0 Å². The third kappa shape index (κ3) is 7.97. The molecule has 0 aromatic carbocycles. The predicted molar refractivity (Wildman–Crippen MR) is 121 cm³/mol. The molecule has 0 spiro atoms. The van der Waals surface area contributed by atoms with Crippen molar-refractivity contribution >= 4 is 17.5 Å². The van der Waals surface area contributed by atoms with E-state index in [1.165, 1.54) is 19.3 Å². The summed E-state index contributed by atoms with van der Waals surface area (Å²) in [6.45, 7) is 12.1. The summed E-state index contributed by atoms with van der Waals surface area (Å²) >= 11 is 0. The Morgan fingerprint density at radius 3 is 2.47 bits per heavy atom. The van der Waals surface area contributed by atoms with Crippen molar-refractivity contribution in [2.45, 2.75) is 66.4 Å². The van der Waals surface area contributed by atoms with Gasteiger partial charge in [0.15, 0.2) is 5.78 Å². The van der Waals surface area contributed by atoms with E-state index in [0.29, 0.717) is 24.8 Å². The first-order chi connectivity index (χ1) is 14.9. The van der Waals surface area contributed by atoms with Crippen LogP contribution in [0.15, 0.2) is 47.8 Å². The highest BCUT2D eigenvalue weighted by atomic mass is 17.1. The van der Waals surface area contributed by atoms with Crippen LogP contribution >= 0.6 is 0 Å². The summed E-state index contributed by atoms with van der Waals surface area (Å²) in [4.78, 5) is 41.6. The summed E-state index contributed by atoms with van der Waals surface area (Å²) in [6, 6.07) is 0. The third-order valence-electron chi connectivity index (χ3n) is 5.92. The number of aliphatic hydroxyl groups is 1. The van der Waals surface area contributed by atoms with Gasteiger partial charge in [0.1, 0.15) is 11.9 Å². The zero-order chi connectivity index (χ0) is 24.5. The monoisotopic (exact) mass is 448 g/mol. The van der Waals surface area contributed by atoms with Gasteiger partial charge in [-0.3, -0.25) is 10.1 Å². The van der Waals surface area contributed by atoms with Crippen molar-refractivity contribution < 1.29 is 34.4 Å². The summed E-state index contributed by atoms with van der Waals surface area (Å²) in [5.74, 6) is -2.13. The second-order valence-electron chi connectivity index (χ2n) is 9.11. The van der Waals surface area contributed by atoms with Crippen LogP contribution in [0.3, 0.4) is 0 Å². The topological polar surface area (TPSA) is 110 Å².